The third-order valence-electron chi connectivity index (χ3n) is 3.58. The summed E-state index contributed by atoms with van der Waals surface area (Å²) in [4.78, 5) is 16.5. The quantitative estimate of drug-likeness (QED) is 0.839. The van der Waals surface area contributed by atoms with E-state index in [1.165, 1.54) is 11.8 Å². The molecule has 1 unspecified atom stereocenters. The summed E-state index contributed by atoms with van der Waals surface area (Å²) < 4.78 is 0. The smallest absolute Gasteiger partial charge is 0.139 e. The normalized spacial score (nSPS) is 21.8. The summed E-state index contributed by atoms with van der Waals surface area (Å²) in [6.45, 7) is 3.39. The highest BCUT2D eigenvalue weighted by atomic mass is 35.5. The van der Waals surface area contributed by atoms with Gasteiger partial charge in [0, 0.05) is 16.7 Å². The lowest BCUT2D eigenvalue weighted by Crippen LogP contribution is -2.31. The minimum Gasteiger partial charge on any atom is -0.299 e. The zero-order valence-electron chi connectivity index (χ0n) is 12.1. The summed E-state index contributed by atoms with van der Waals surface area (Å²) in [5.74, 6) is -0.662. The Morgan fingerprint density at radius 1 is 1.38 bits per heavy atom. The number of halogens is 1. The Hall–Kier alpha value is -1.57. The van der Waals surface area contributed by atoms with Crippen molar-refractivity contribution in [2.45, 2.75) is 19.8 Å². The van der Waals surface area contributed by atoms with Gasteiger partial charge in [0.15, 0.2) is 0 Å². The molecule has 0 radical (unpaired) electrons. The standard InChI is InChI=1S/C16H15ClN2OS/c1-9-14(10(2)20)15(11-4-6-12(17)7-5-11)13(8-18)16(19-9)21-3/h4-7,14-15H,1-3H3/t14?,15-/m0/s1. The average Bonchev–Trinajstić information content (AvgIpc) is 2.46. The van der Waals surface area contributed by atoms with Gasteiger partial charge in [0.25, 0.3) is 0 Å². The van der Waals surface area contributed by atoms with Crippen LogP contribution in [-0.2, 0) is 4.79 Å². The van der Waals surface area contributed by atoms with E-state index in [-0.39, 0.29) is 11.7 Å². The van der Waals surface area contributed by atoms with Crippen molar-refractivity contribution in [3.05, 3.63) is 45.5 Å². The van der Waals surface area contributed by atoms with Gasteiger partial charge in [0.2, 0.25) is 0 Å². The maximum atomic E-state index is 12.1. The van der Waals surface area contributed by atoms with Gasteiger partial charge >= 0.3 is 0 Å². The Morgan fingerprint density at radius 3 is 2.48 bits per heavy atom. The van der Waals surface area contributed by atoms with Gasteiger partial charge in [-0.3, -0.25) is 4.79 Å². The van der Waals surface area contributed by atoms with Gasteiger partial charge in [-0.05, 0) is 37.8 Å². The number of carbonyl (C=O) groups excluding carboxylic acids is 1. The lowest BCUT2D eigenvalue weighted by Gasteiger charge is -2.29. The predicted octanol–water partition coefficient (Wildman–Crippen LogP) is 4.20. The number of carbonyl (C=O) groups is 1. The van der Waals surface area contributed by atoms with Crippen LogP contribution in [0.1, 0.15) is 25.3 Å². The van der Waals surface area contributed by atoms with E-state index in [9.17, 15) is 10.1 Å². The summed E-state index contributed by atoms with van der Waals surface area (Å²) in [6, 6.07) is 9.55. The van der Waals surface area contributed by atoms with Crippen LogP contribution >= 0.6 is 23.4 Å². The van der Waals surface area contributed by atoms with Crippen molar-refractivity contribution in [2.24, 2.45) is 10.9 Å². The van der Waals surface area contributed by atoms with Crippen molar-refractivity contribution in [1.29, 1.82) is 5.26 Å². The molecule has 2 rings (SSSR count). The number of Topliss-reactive ketones (excluding diaryl/α,β-unsaturated/α-hetero) is 1. The fourth-order valence-corrected chi connectivity index (χ4v) is 3.42. The van der Waals surface area contributed by atoms with Crippen LogP contribution in [0.25, 0.3) is 0 Å². The van der Waals surface area contributed by atoms with Crippen molar-refractivity contribution in [1.82, 2.24) is 0 Å². The average molecular weight is 319 g/mol. The number of hydrogen-bond acceptors (Lipinski definition) is 4. The van der Waals surface area contributed by atoms with Crippen LogP contribution in [0.4, 0.5) is 0 Å². The monoisotopic (exact) mass is 318 g/mol. The van der Waals surface area contributed by atoms with Crippen LogP contribution in [0.5, 0.6) is 0 Å². The van der Waals surface area contributed by atoms with E-state index in [1.807, 2.05) is 25.3 Å². The molecule has 3 nitrogen and oxygen atoms in total. The summed E-state index contributed by atoms with van der Waals surface area (Å²) >= 11 is 7.36. The second-order valence-electron chi connectivity index (χ2n) is 4.91. The topological polar surface area (TPSA) is 53.2 Å². The highest BCUT2D eigenvalue weighted by Gasteiger charge is 2.37. The SMILES string of the molecule is CSC1=C(C#N)[C@H](c2ccc(Cl)cc2)C(C(C)=O)C(C)=N1. The van der Waals surface area contributed by atoms with Gasteiger partial charge in [-0.25, -0.2) is 4.99 Å². The van der Waals surface area contributed by atoms with E-state index >= 15 is 0 Å². The third-order valence-corrected chi connectivity index (χ3v) is 4.53. The number of aliphatic imine (C=N–C) groups is 1. The molecule has 21 heavy (non-hydrogen) atoms. The van der Waals surface area contributed by atoms with E-state index in [1.54, 1.807) is 19.1 Å². The molecule has 1 aromatic carbocycles. The van der Waals surface area contributed by atoms with E-state index in [0.29, 0.717) is 15.6 Å². The first-order valence-corrected chi connectivity index (χ1v) is 8.09. The molecule has 1 aliphatic heterocycles. The number of rotatable bonds is 3. The van der Waals surface area contributed by atoms with E-state index in [0.717, 1.165) is 11.3 Å². The first-order valence-electron chi connectivity index (χ1n) is 6.49. The summed E-state index contributed by atoms with van der Waals surface area (Å²) in [6.07, 6.45) is 1.89. The minimum atomic E-state index is -0.392. The van der Waals surface area contributed by atoms with Gasteiger partial charge < -0.3 is 0 Å². The molecule has 0 spiro atoms. The van der Waals surface area contributed by atoms with Crippen molar-refractivity contribution in [3.8, 4) is 6.07 Å². The van der Waals surface area contributed by atoms with Gasteiger partial charge in [-0.2, -0.15) is 5.26 Å². The Morgan fingerprint density at radius 2 is 2.00 bits per heavy atom. The lowest BCUT2D eigenvalue weighted by molar-refractivity contribution is -0.119. The molecule has 1 aromatic rings. The Kier molecular flexibility index (Phi) is 4.87. The molecule has 0 fully saturated rings. The van der Waals surface area contributed by atoms with E-state index in [2.05, 4.69) is 11.1 Å². The predicted molar refractivity (Wildman–Crippen MR) is 87.6 cm³/mol. The van der Waals surface area contributed by atoms with Crippen LogP contribution in [0.2, 0.25) is 5.02 Å². The summed E-state index contributed by atoms with van der Waals surface area (Å²) in [5.41, 5.74) is 2.22. The molecule has 108 valence electrons. The molecule has 2 atom stereocenters. The molecular formula is C16H15ClN2OS. The maximum Gasteiger partial charge on any atom is 0.139 e. The van der Waals surface area contributed by atoms with E-state index in [4.69, 9.17) is 11.6 Å². The molecule has 0 N–H and O–H groups in total. The fourth-order valence-electron chi connectivity index (χ4n) is 2.66. The zero-order chi connectivity index (χ0) is 15.6. The van der Waals surface area contributed by atoms with Crippen molar-refractivity contribution in [3.63, 3.8) is 0 Å². The highest BCUT2D eigenvalue weighted by molar-refractivity contribution is 8.02. The third kappa shape index (κ3) is 3.04. The molecule has 0 saturated heterocycles. The van der Waals surface area contributed by atoms with Crippen LogP contribution in [-0.4, -0.2) is 17.8 Å². The van der Waals surface area contributed by atoms with Crippen molar-refractivity contribution < 1.29 is 4.79 Å². The molecular weight excluding hydrogens is 304 g/mol. The minimum absolute atomic E-state index is 0.0177. The molecule has 0 saturated carbocycles. The Labute approximate surface area is 133 Å². The number of benzene rings is 1. The number of nitriles is 1. The molecule has 0 amide bonds. The number of thioether (sulfide) groups is 1. The van der Waals surface area contributed by atoms with Crippen molar-refractivity contribution in [2.75, 3.05) is 6.26 Å². The molecule has 1 heterocycles. The van der Waals surface area contributed by atoms with Gasteiger partial charge in [-0.1, -0.05) is 23.7 Å². The maximum absolute atomic E-state index is 12.1. The van der Waals surface area contributed by atoms with Gasteiger partial charge in [0.1, 0.15) is 10.8 Å². The van der Waals surface area contributed by atoms with Crippen LogP contribution in [0.15, 0.2) is 39.9 Å². The number of ketones is 1. The number of hydrogen-bond donors (Lipinski definition) is 0. The molecule has 1 aliphatic rings. The van der Waals surface area contributed by atoms with Gasteiger partial charge in [0.05, 0.1) is 17.6 Å². The molecule has 5 heteroatoms. The lowest BCUT2D eigenvalue weighted by atomic mass is 9.75. The highest BCUT2D eigenvalue weighted by Crippen LogP contribution is 2.41. The number of nitrogens with zero attached hydrogens (tertiary/aromatic N) is 2. The fraction of sp³-hybridized carbons (Fsp3) is 0.312. The largest absolute Gasteiger partial charge is 0.299 e. The van der Waals surface area contributed by atoms with Gasteiger partial charge in [-0.15, -0.1) is 11.8 Å². The molecule has 0 aromatic heterocycles. The Balaban J connectivity index is 2.63. The second kappa shape index (κ2) is 6.46. The molecule has 0 aliphatic carbocycles. The van der Waals surface area contributed by atoms with E-state index < -0.39 is 5.92 Å². The molecule has 0 bridgehead atoms. The second-order valence-corrected chi connectivity index (χ2v) is 6.14. The zero-order valence-corrected chi connectivity index (χ0v) is 13.6. The summed E-state index contributed by atoms with van der Waals surface area (Å²) in [5, 5.41) is 10.9. The first kappa shape index (κ1) is 15.8. The number of allylic oxidation sites excluding steroid dienone is 1. The Bertz CT molecular complexity index is 671. The van der Waals surface area contributed by atoms with Crippen LogP contribution in [0.3, 0.4) is 0 Å². The summed E-state index contributed by atoms with van der Waals surface area (Å²) in [7, 11) is 0. The van der Waals surface area contributed by atoms with Crippen LogP contribution in [0, 0.1) is 17.2 Å². The van der Waals surface area contributed by atoms with Crippen LogP contribution < -0.4 is 0 Å². The first-order chi connectivity index (χ1) is 9.99. The van der Waals surface area contributed by atoms with Crippen molar-refractivity contribution >= 4 is 34.9 Å².